The zero-order chi connectivity index (χ0) is 23.3. The molecule has 0 unspecified atom stereocenters. The molecule has 1 atom stereocenters. The molecule has 0 aliphatic carbocycles. The Morgan fingerprint density at radius 3 is 2.47 bits per heavy atom. The number of rotatable bonds is 8. The Labute approximate surface area is 189 Å². The first-order valence-electron chi connectivity index (χ1n) is 10.5. The number of ether oxygens (including phenoxy) is 1. The minimum absolute atomic E-state index is 0.181. The second-order valence-corrected chi connectivity index (χ2v) is 9.55. The monoisotopic (exact) mass is 459 g/mol. The van der Waals surface area contributed by atoms with Gasteiger partial charge in [0.15, 0.2) is 0 Å². The second kappa shape index (κ2) is 10.1. The van der Waals surface area contributed by atoms with E-state index < -0.39 is 16.1 Å². The number of sulfonamides is 1. The van der Waals surface area contributed by atoms with E-state index in [1.807, 2.05) is 13.8 Å². The Kier molecular flexibility index (Phi) is 7.52. The van der Waals surface area contributed by atoms with Gasteiger partial charge >= 0.3 is 0 Å². The third kappa shape index (κ3) is 5.46. The highest BCUT2D eigenvalue weighted by molar-refractivity contribution is 7.92. The molecule has 3 rings (SSSR count). The Morgan fingerprint density at radius 2 is 1.81 bits per heavy atom. The molecular formula is C23H29N3O5S. The first kappa shape index (κ1) is 23.7. The van der Waals surface area contributed by atoms with Gasteiger partial charge in [0, 0.05) is 31.5 Å². The van der Waals surface area contributed by atoms with Crippen LogP contribution >= 0.6 is 0 Å². The number of nitrogens with one attached hydrogen (secondary N) is 2. The third-order valence-electron chi connectivity index (χ3n) is 5.59. The van der Waals surface area contributed by atoms with Crippen LogP contribution in [0, 0.1) is 13.8 Å². The second-order valence-electron chi connectivity index (χ2n) is 7.87. The predicted molar refractivity (Wildman–Crippen MR) is 122 cm³/mol. The summed E-state index contributed by atoms with van der Waals surface area (Å²) in [5.41, 5.74) is 2.66. The van der Waals surface area contributed by atoms with E-state index in [0.717, 1.165) is 17.5 Å². The van der Waals surface area contributed by atoms with Crippen LogP contribution in [-0.4, -0.2) is 58.0 Å². The summed E-state index contributed by atoms with van der Waals surface area (Å²) >= 11 is 0. The van der Waals surface area contributed by atoms with Crippen LogP contribution in [0.5, 0.6) is 0 Å². The van der Waals surface area contributed by atoms with Crippen molar-refractivity contribution >= 4 is 27.5 Å². The molecule has 0 saturated carbocycles. The van der Waals surface area contributed by atoms with Gasteiger partial charge in [-0.2, -0.15) is 0 Å². The van der Waals surface area contributed by atoms with Gasteiger partial charge < -0.3 is 15.0 Å². The lowest BCUT2D eigenvalue weighted by Gasteiger charge is -2.24. The fourth-order valence-electron chi connectivity index (χ4n) is 3.62. The molecule has 0 radical (unpaired) electrons. The van der Waals surface area contributed by atoms with Crippen molar-refractivity contribution in [1.82, 2.24) is 10.2 Å². The predicted octanol–water partition coefficient (Wildman–Crippen LogP) is 2.47. The Balaban J connectivity index is 1.68. The van der Waals surface area contributed by atoms with Gasteiger partial charge in [0.2, 0.25) is 5.91 Å². The Morgan fingerprint density at radius 1 is 1.09 bits per heavy atom. The maximum Gasteiger partial charge on any atom is 0.261 e. The molecule has 1 aliphatic heterocycles. The van der Waals surface area contributed by atoms with Crippen molar-refractivity contribution in [3.63, 3.8) is 0 Å². The van der Waals surface area contributed by atoms with Gasteiger partial charge in [-0.15, -0.1) is 0 Å². The molecule has 9 heteroatoms. The maximum absolute atomic E-state index is 13.0. The molecule has 1 fully saturated rings. The van der Waals surface area contributed by atoms with Crippen molar-refractivity contribution in [2.45, 2.75) is 37.6 Å². The SMILES string of the molecule is COCCNC(=O)[C@@H]1CCCN1C(=O)c1ccc(NS(=O)(=O)c2ccc(C)c(C)c2)cc1. The van der Waals surface area contributed by atoms with Crippen molar-refractivity contribution in [2.75, 3.05) is 31.5 Å². The minimum atomic E-state index is -3.74. The molecule has 1 aliphatic rings. The van der Waals surface area contributed by atoms with E-state index >= 15 is 0 Å². The highest BCUT2D eigenvalue weighted by atomic mass is 32.2. The van der Waals surface area contributed by atoms with E-state index in [-0.39, 0.29) is 16.7 Å². The molecule has 2 aromatic carbocycles. The zero-order valence-corrected chi connectivity index (χ0v) is 19.4. The summed E-state index contributed by atoms with van der Waals surface area (Å²) < 4.78 is 32.8. The molecule has 32 heavy (non-hydrogen) atoms. The summed E-state index contributed by atoms with van der Waals surface area (Å²) in [5, 5.41) is 2.79. The first-order chi connectivity index (χ1) is 15.2. The summed E-state index contributed by atoms with van der Waals surface area (Å²) in [6.45, 7) is 5.08. The van der Waals surface area contributed by atoms with Crippen LogP contribution in [0.2, 0.25) is 0 Å². The van der Waals surface area contributed by atoms with Gasteiger partial charge in [-0.25, -0.2) is 8.42 Å². The lowest BCUT2D eigenvalue weighted by Crippen LogP contribution is -2.46. The van der Waals surface area contributed by atoms with E-state index in [1.165, 1.54) is 0 Å². The van der Waals surface area contributed by atoms with Gasteiger partial charge in [-0.05, 0) is 74.2 Å². The molecule has 0 bridgehead atoms. The molecule has 2 aromatic rings. The standard InChI is InChI=1S/C23H29N3O5S/c1-16-6-11-20(15-17(16)2)32(29,30)25-19-9-7-18(8-10-19)23(28)26-13-4-5-21(26)22(27)24-12-14-31-3/h6-11,15,21,25H,4-5,12-14H2,1-3H3,(H,24,27)/t21-/m0/s1. The summed E-state index contributed by atoms with van der Waals surface area (Å²) in [4.78, 5) is 27.1. The van der Waals surface area contributed by atoms with Crippen LogP contribution in [0.4, 0.5) is 5.69 Å². The van der Waals surface area contributed by atoms with Gasteiger partial charge in [0.1, 0.15) is 6.04 Å². The topological polar surface area (TPSA) is 105 Å². The largest absolute Gasteiger partial charge is 0.383 e. The van der Waals surface area contributed by atoms with E-state index in [1.54, 1.807) is 54.5 Å². The van der Waals surface area contributed by atoms with Crippen molar-refractivity contribution < 1.29 is 22.7 Å². The quantitative estimate of drug-likeness (QED) is 0.590. The molecule has 2 amide bonds. The number of hydrogen-bond donors (Lipinski definition) is 2. The smallest absolute Gasteiger partial charge is 0.261 e. The minimum Gasteiger partial charge on any atom is -0.383 e. The van der Waals surface area contributed by atoms with Crippen molar-refractivity contribution in [3.05, 3.63) is 59.2 Å². The number of hydrogen-bond acceptors (Lipinski definition) is 5. The summed E-state index contributed by atoms with van der Waals surface area (Å²) in [6.07, 6.45) is 1.36. The Hall–Kier alpha value is -2.91. The fraction of sp³-hybridized carbons (Fsp3) is 0.391. The highest BCUT2D eigenvalue weighted by Gasteiger charge is 2.34. The van der Waals surface area contributed by atoms with Crippen molar-refractivity contribution in [3.8, 4) is 0 Å². The van der Waals surface area contributed by atoms with Crippen molar-refractivity contribution in [2.24, 2.45) is 0 Å². The zero-order valence-electron chi connectivity index (χ0n) is 18.6. The maximum atomic E-state index is 13.0. The number of anilines is 1. The summed E-state index contributed by atoms with van der Waals surface area (Å²) in [5.74, 6) is -0.441. The number of benzene rings is 2. The fourth-order valence-corrected chi connectivity index (χ4v) is 4.76. The van der Waals surface area contributed by atoms with E-state index in [4.69, 9.17) is 4.74 Å². The average molecular weight is 460 g/mol. The van der Waals surface area contributed by atoms with E-state index in [0.29, 0.717) is 37.4 Å². The number of aryl methyl sites for hydroxylation is 2. The number of methoxy groups -OCH3 is 1. The number of likely N-dealkylation sites (tertiary alicyclic amines) is 1. The molecule has 0 aromatic heterocycles. The number of amides is 2. The van der Waals surface area contributed by atoms with Gasteiger partial charge in [0.25, 0.3) is 15.9 Å². The number of carbonyl (C=O) groups is 2. The molecule has 8 nitrogen and oxygen atoms in total. The normalized spacial score (nSPS) is 16.1. The summed E-state index contributed by atoms with van der Waals surface area (Å²) in [6, 6.07) is 10.7. The van der Waals surface area contributed by atoms with E-state index in [9.17, 15) is 18.0 Å². The molecule has 172 valence electrons. The first-order valence-corrected chi connectivity index (χ1v) is 12.0. The van der Waals surface area contributed by atoms with Crippen LogP contribution in [0.1, 0.15) is 34.3 Å². The van der Waals surface area contributed by atoms with Gasteiger partial charge in [0.05, 0.1) is 11.5 Å². The van der Waals surface area contributed by atoms with Gasteiger partial charge in [-0.3, -0.25) is 14.3 Å². The lowest BCUT2D eigenvalue weighted by molar-refractivity contribution is -0.125. The number of carbonyl (C=O) groups excluding carboxylic acids is 2. The van der Waals surface area contributed by atoms with Crippen LogP contribution in [0.15, 0.2) is 47.4 Å². The Bertz CT molecular complexity index is 1080. The number of nitrogens with zero attached hydrogens (tertiary/aromatic N) is 1. The molecular weight excluding hydrogens is 430 g/mol. The summed E-state index contributed by atoms with van der Waals surface area (Å²) in [7, 11) is -2.18. The van der Waals surface area contributed by atoms with Gasteiger partial charge in [-0.1, -0.05) is 6.07 Å². The third-order valence-corrected chi connectivity index (χ3v) is 6.97. The molecule has 0 spiro atoms. The van der Waals surface area contributed by atoms with Crippen LogP contribution in [0.25, 0.3) is 0 Å². The molecule has 1 heterocycles. The van der Waals surface area contributed by atoms with Crippen LogP contribution < -0.4 is 10.0 Å². The highest BCUT2D eigenvalue weighted by Crippen LogP contribution is 2.23. The van der Waals surface area contributed by atoms with E-state index in [2.05, 4.69) is 10.0 Å². The lowest BCUT2D eigenvalue weighted by atomic mass is 10.1. The average Bonchev–Trinajstić information content (AvgIpc) is 3.25. The molecule has 2 N–H and O–H groups in total. The van der Waals surface area contributed by atoms with Crippen LogP contribution in [-0.2, 0) is 19.6 Å². The molecule has 1 saturated heterocycles. The van der Waals surface area contributed by atoms with Crippen LogP contribution in [0.3, 0.4) is 0 Å². The van der Waals surface area contributed by atoms with Crippen molar-refractivity contribution in [1.29, 1.82) is 0 Å².